The van der Waals surface area contributed by atoms with E-state index >= 15 is 0 Å². The first kappa shape index (κ1) is 15.9. The van der Waals surface area contributed by atoms with E-state index in [-0.39, 0.29) is 6.04 Å². The lowest BCUT2D eigenvalue weighted by molar-refractivity contribution is 0.386. The van der Waals surface area contributed by atoms with E-state index in [9.17, 15) is 0 Å². The van der Waals surface area contributed by atoms with Crippen LogP contribution in [0.4, 0.5) is 0 Å². The van der Waals surface area contributed by atoms with Crippen LogP contribution < -0.4 is 14.8 Å². The molecule has 2 aromatic rings. The molecule has 1 aromatic carbocycles. The minimum atomic E-state index is 0.220. The largest absolute Gasteiger partial charge is 0.497 e. The smallest absolute Gasteiger partial charge is 0.127 e. The second-order valence-electron chi connectivity index (χ2n) is 4.93. The van der Waals surface area contributed by atoms with Crippen LogP contribution in [0.15, 0.2) is 30.3 Å². The summed E-state index contributed by atoms with van der Waals surface area (Å²) in [5, 5.41) is 3.55. The number of hydrogen-bond donors (Lipinski definition) is 1. The monoisotopic (exact) mass is 305 g/mol. The minimum Gasteiger partial charge on any atom is -0.497 e. The van der Waals surface area contributed by atoms with Gasteiger partial charge in [-0.05, 0) is 31.5 Å². The van der Waals surface area contributed by atoms with Gasteiger partial charge in [-0.25, -0.2) is 0 Å². The Morgan fingerprint density at radius 1 is 1.10 bits per heavy atom. The molecule has 0 saturated heterocycles. The van der Waals surface area contributed by atoms with Crippen LogP contribution >= 0.6 is 11.3 Å². The average Bonchev–Trinajstić information content (AvgIpc) is 3.00. The molecule has 0 aliphatic heterocycles. The SMILES string of the molecule is CCc1ccc(CNC(C)c2ccc(OC)cc2OC)s1. The van der Waals surface area contributed by atoms with Crippen LogP contribution in [-0.2, 0) is 13.0 Å². The first-order valence-corrected chi connectivity index (χ1v) is 8.02. The molecule has 0 fully saturated rings. The summed E-state index contributed by atoms with van der Waals surface area (Å²) < 4.78 is 10.7. The zero-order valence-corrected chi connectivity index (χ0v) is 13.9. The van der Waals surface area contributed by atoms with Crippen LogP contribution in [0.25, 0.3) is 0 Å². The molecule has 1 atom stereocenters. The molecule has 0 radical (unpaired) electrons. The van der Waals surface area contributed by atoms with Gasteiger partial charge in [-0.3, -0.25) is 0 Å². The van der Waals surface area contributed by atoms with Crippen molar-refractivity contribution < 1.29 is 9.47 Å². The Morgan fingerprint density at radius 3 is 2.48 bits per heavy atom. The minimum absolute atomic E-state index is 0.220. The molecular formula is C17H23NO2S. The molecule has 114 valence electrons. The number of thiophene rings is 1. The van der Waals surface area contributed by atoms with E-state index in [4.69, 9.17) is 9.47 Å². The van der Waals surface area contributed by atoms with E-state index in [1.165, 1.54) is 9.75 Å². The predicted molar refractivity (Wildman–Crippen MR) is 88.5 cm³/mol. The van der Waals surface area contributed by atoms with Gasteiger partial charge in [0, 0.05) is 34.0 Å². The number of aryl methyl sites for hydroxylation is 1. The summed E-state index contributed by atoms with van der Waals surface area (Å²) in [6.07, 6.45) is 1.10. The van der Waals surface area contributed by atoms with Gasteiger partial charge in [0.15, 0.2) is 0 Å². The Kier molecular flexibility index (Phi) is 5.65. The summed E-state index contributed by atoms with van der Waals surface area (Å²) in [6, 6.07) is 10.6. The lowest BCUT2D eigenvalue weighted by Gasteiger charge is -2.17. The Morgan fingerprint density at radius 2 is 1.86 bits per heavy atom. The van der Waals surface area contributed by atoms with Gasteiger partial charge < -0.3 is 14.8 Å². The van der Waals surface area contributed by atoms with Crippen molar-refractivity contribution in [2.75, 3.05) is 14.2 Å². The zero-order valence-electron chi connectivity index (χ0n) is 13.1. The van der Waals surface area contributed by atoms with Crippen molar-refractivity contribution in [1.29, 1.82) is 0 Å². The lowest BCUT2D eigenvalue weighted by atomic mass is 10.1. The van der Waals surface area contributed by atoms with Gasteiger partial charge >= 0.3 is 0 Å². The molecule has 0 aliphatic rings. The molecule has 1 heterocycles. The van der Waals surface area contributed by atoms with Gasteiger partial charge in [-0.15, -0.1) is 11.3 Å². The molecular weight excluding hydrogens is 282 g/mol. The molecule has 1 unspecified atom stereocenters. The molecule has 0 spiro atoms. The Balaban J connectivity index is 2.04. The molecule has 0 amide bonds. The molecule has 0 aliphatic carbocycles. The zero-order chi connectivity index (χ0) is 15.2. The van der Waals surface area contributed by atoms with Gasteiger partial charge in [0.05, 0.1) is 14.2 Å². The number of nitrogens with one attached hydrogen (secondary N) is 1. The first-order chi connectivity index (χ1) is 10.2. The third-order valence-electron chi connectivity index (χ3n) is 3.56. The highest BCUT2D eigenvalue weighted by atomic mass is 32.1. The van der Waals surface area contributed by atoms with Crippen molar-refractivity contribution in [3.05, 3.63) is 45.6 Å². The van der Waals surface area contributed by atoms with Crippen LogP contribution in [0.3, 0.4) is 0 Å². The van der Waals surface area contributed by atoms with Gasteiger partial charge in [0.1, 0.15) is 11.5 Å². The third-order valence-corrected chi connectivity index (χ3v) is 4.78. The fourth-order valence-electron chi connectivity index (χ4n) is 2.25. The summed E-state index contributed by atoms with van der Waals surface area (Å²) in [4.78, 5) is 2.80. The Hall–Kier alpha value is -1.52. The van der Waals surface area contributed by atoms with Gasteiger partial charge in [-0.1, -0.05) is 13.0 Å². The molecule has 2 rings (SSSR count). The number of ether oxygens (including phenoxy) is 2. The summed E-state index contributed by atoms with van der Waals surface area (Å²) in [7, 11) is 3.36. The van der Waals surface area contributed by atoms with Crippen molar-refractivity contribution in [2.45, 2.75) is 32.9 Å². The van der Waals surface area contributed by atoms with Crippen molar-refractivity contribution in [3.8, 4) is 11.5 Å². The van der Waals surface area contributed by atoms with Crippen molar-refractivity contribution >= 4 is 11.3 Å². The van der Waals surface area contributed by atoms with E-state index in [0.29, 0.717) is 0 Å². The number of hydrogen-bond acceptors (Lipinski definition) is 4. The van der Waals surface area contributed by atoms with Crippen LogP contribution in [-0.4, -0.2) is 14.2 Å². The lowest BCUT2D eigenvalue weighted by Crippen LogP contribution is -2.18. The molecule has 21 heavy (non-hydrogen) atoms. The van der Waals surface area contributed by atoms with Crippen molar-refractivity contribution in [1.82, 2.24) is 5.32 Å². The predicted octanol–water partition coefficient (Wildman–Crippen LogP) is 4.18. The Labute approximate surface area is 130 Å². The van der Waals surface area contributed by atoms with E-state index in [0.717, 1.165) is 30.0 Å². The number of rotatable bonds is 7. The van der Waals surface area contributed by atoms with Crippen LogP contribution in [0.1, 0.15) is 35.2 Å². The molecule has 1 N–H and O–H groups in total. The highest BCUT2D eigenvalue weighted by molar-refractivity contribution is 7.11. The van der Waals surface area contributed by atoms with Crippen LogP contribution in [0, 0.1) is 0 Å². The van der Waals surface area contributed by atoms with Gasteiger partial charge in [-0.2, -0.15) is 0 Å². The molecule has 3 nitrogen and oxygen atoms in total. The van der Waals surface area contributed by atoms with E-state index in [2.05, 4.69) is 37.4 Å². The van der Waals surface area contributed by atoms with Gasteiger partial charge in [0.25, 0.3) is 0 Å². The van der Waals surface area contributed by atoms with Crippen molar-refractivity contribution in [2.24, 2.45) is 0 Å². The van der Waals surface area contributed by atoms with Crippen molar-refractivity contribution in [3.63, 3.8) is 0 Å². The number of methoxy groups -OCH3 is 2. The van der Waals surface area contributed by atoms with Gasteiger partial charge in [0.2, 0.25) is 0 Å². The maximum atomic E-state index is 5.47. The van der Waals surface area contributed by atoms with Crippen LogP contribution in [0.5, 0.6) is 11.5 Å². The Bertz CT molecular complexity index is 580. The molecule has 4 heteroatoms. The summed E-state index contributed by atoms with van der Waals surface area (Å²) in [6.45, 7) is 5.22. The maximum Gasteiger partial charge on any atom is 0.127 e. The second-order valence-corrected chi connectivity index (χ2v) is 6.18. The maximum absolute atomic E-state index is 5.47. The topological polar surface area (TPSA) is 30.5 Å². The molecule has 0 saturated carbocycles. The normalized spacial score (nSPS) is 12.2. The first-order valence-electron chi connectivity index (χ1n) is 7.20. The summed E-state index contributed by atoms with van der Waals surface area (Å²) in [5.41, 5.74) is 1.14. The van der Waals surface area contributed by atoms with E-state index in [1.54, 1.807) is 14.2 Å². The third kappa shape index (κ3) is 3.99. The average molecular weight is 305 g/mol. The molecule has 0 bridgehead atoms. The molecule has 1 aromatic heterocycles. The van der Waals surface area contributed by atoms with E-state index in [1.807, 2.05) is 23.5 Å². The highest BCUT2D eigenvalue weighted by Crippen LogP contribution is 2.29. The number of benzene rings is 1. The fraction of sp³-hybridized carbons (Fsp3) is 0.412. The summed E-state index contributed by atoms with van der Waals surface area (Å²) >= 11 is 1.87. The van der Waals surface area contributed by atoms with E-state index < -0.39 is 0 Å². The second kappa shape index (κ2) is 7.48. The fourth-order valence-corrected chi connectivity index (χ4v) is 3.16. The highest BCUT2D eigenvalue weighted by Gasteiger charge is 2.12. The van der Waals surface area contributed by atoms with Crippen LogP contribution in [0.2, 0.25) is 0 Å². The summed E-state index contributed by atoms with van der Waals surface area (Å²) in [5.74, 6) is 1.67. The quantitative estimate of drug-likeness (QED) is 0.832. The standard InChI is InChI=1S/C17H23NO2S/c1-5-14-7-8-15(21-14)11-18-12(2)16-9-6-13(19-3)10-17(16)20-4/h6-10,12,18H,5,11H2,1-4H3.